The van der Waals surface area contributed by atoms with Crippen LogP contribution in [0.25, 0.3) is 0 Å². The lowest BCUT2D eigenvalue weighted by Crippen LogP contribution is -2.26. The van der Waals surface area contributed by atoms with Crippen molar-refractivity contribution in [2.24, 2.45) is 0 Å². The maximum Gasteiger partial charge on any atom is 0.133 e. The van der Waals surface area contributed by atoms with Crippen LogP contribution >= 0.6 is 15.9 Å². The van der Waals surface area contributed by atoms with Gasteiger partial charge in [-0.2, -0.15) is 0 Å². The first-order valence-corrected chi connectivity index (χ1v) is 9.06. The van der Waals surface area contributed by atoms with Crippen molar-refractivity contribution in [1.82, 2.24) is 5.32 Å². The molecule has 0 aliphatic rings. The van der Waals surface area contributed by atoms with Gasteiger partial charge < -0.3 is 10.1 Å². The van der Waals surface area contributed by atoms with E-state index in [2.05, 4.69) is 70.6 Å². The fraction of sp³-hybridized carbons (Fsp3) is 0.400. The van der Waals surface area contributed by atoms with Crippen molar-refractivity contribution in [1.29, 1.82) is 0 Å². The van der Waals surface area contributed by atoms with Crippen LogP contribution in [0.3, 0.4) is 0 Å². The van der Waals surface area contributed by atoms with Gasteiger partial charge in [0.05, 0.1) is 10.6 Å². The molecule has 0 bridgehead atoms. The second-order valence-electron chi connectivity index (χ2n) is 6.24. The molecule has 0 aromatic heterocycles. The Bertz CT molecular complexity index is 598. The Morgan fingerprint density at radius 2 is 1.74 bits per heavy atom. The second kappa shape index (κ2) is 9.09. The maximum absolute atomic E-state index is 5.75. The predicted octanol–water partition coefficient (Wildman–Crippen LogP) is 5.35. The monoisotopic (exact) mass is 375 g/mol. The summed E-state index contributed by atoms with van der Waals surface area (Å²) in [6, 6.07) is 17.4. The number of ether oxygens (including phenoxy) is 1. The van der Waals surface area contributed by atoms with Gasteiger partial charge in [-0.05, 0) is 72.8 Å². The van der Waals surface area contributed by atoms with Gasteiger partial charge in [0.15, 0.2) is 0 Å². The molecule has 1 N–H and O–H groups in total. The highest BCUT2D eigenvalue weighted by Crippen LogP contribution is 2.27. The summed E-state index contributed by atoms with van der Waals surface area (Å²) in [5.41, 5.74) is 2.67. The topological polar surface area (TPSA) is 21.3 Å². The molecular weight excluding hydrogens is 350 g/mol. The number of hydrogen-bond acceptors (Lipinski definition) is 2. The minimum absolute atomic E-state index is 0.188. The van der Waals surface area contributed by atoms with Crippen molar-refractivity contribution in [2.75, 3.05) is 0 Å². The van der Waals surface area contributed by atoms with Crippen LogP contribution in [0.15, 0.2) is 53.0 Å². The fourth-order valence-corrected chi connectivity index (χ4v) is 2.95. The minimum Gasteiger partial charge on any atom is -0.490 e. The first-order chi connectivity index (χ1) is 11.0. The van der Waals surface area contributed by atoms with E-state index in [0.717, 1.165) is 29.6 Å². The van der Waals surface area contributed by atoms with Crippen LogP contribution < -0.4 is 10.1 Å². The maximum atomic E-state index is 5.75. The molecule has 0 unspecified atom stereocenters. The number of halogens is 1. The zero-order chi connectivity index (χ0) is 16.7. The molecule has 0 spiro atoms. The van der Waals surface area contributed by atoms with Crippen molar-refractivity contribution < 1.29 is 4.74 Å². The Morgan fingerprint density at radius 3 is 2.39 bits per heavy atom. The molecule has 0 fully saturated rings. The summed E-state index contributed by atoms with van der Waals surface area (Å²) >= 11 is 3.59. The highest BCUT2D eigenvalue weighted by Gasteiger charge is 2.06. The van der Waals surface area contributed by atoms with E-state index in [9.17, 15) is 0 Å². The van der Waals surface area contributed by atoms with E-state index in [4.69, 9.17) is 4.74 Å². The van der Waals surface area contributed by atoms with Crippen LogP contribution in [0.2, 0.25) is 0 Å². The number of nitrogens with one attached hydrogen (secondary N) is 1. The molecule has 0 amide bonds. The lowest BCUT2D eigenvalue weighted by Gasteiger charge is -2.15. The van der Waals surface area contributed by atoms with E-state index < -0.39 is 0 Å². The van der Waals surface area contributed by atoms with Crippen molar-refractivity contribution in [3.8, 4) is 5.75 Å². The first-order valence-electron chi connectivity index (χ1n) is 8.27. The average Bonchev–Trinajstić information content (AvgIpc) is 2.54. The Morgan fingerprint density at radius 1 is 1.00 bits per heavy atom. The highest BCUT2D eigenvalue weighted by molar-refractivity contribution is 9.10. The second-order valence-corrected chi connectivity index (χ2v) is 7.09. The zero-order valence-electron chi connectivity index (χ0n) is 14.2. The molecule has 2 rings (SSSR count). The molecule has 0 saturated heterocycles. The summed E-state index contributed by atoms with van der Waals surface area (Å²) in [5, 5.41) is 3.59. The van der Waals surface area contributed by atoms with Gasteiger partial charge in [0.2, 0.25) is 0 Å². The zero-order valence-corrected chi connectivity index (χ0v) is 15.8. The molecule has 1 atom stereocenters. The van der Waals surface area contributed by atoms with Gasteiger partial charge in [0, 0.05) is 12.6 Å². The highest BCUT2D eigenvalue weighted by atomic mass is 79.9. The number of benzene rings is 2. The van der Waals surface area contributed by atoms with Crippen LogP contribution in [0.5, 0.6) is 5.75 Å². The Kier molecular flexibility index (Phi) is 7.13. The Balaban J connectivity index is 1.79. The molecule has 0 radical (unpaired) electrons. The van der Waals surface area contributed by atoms with E-state index in [1.54, 1.807) is 0 Å². The van der Waals surface area contributed by atoms with Gasteiger partial charge >= 0.3 is 0 Å². The van der Waals surface area contributed by atoms with Crippen LogP contribution in [-0.2, 0) is 13.0 Å². The van der Waals surface area contributed by atoms with Crippen molar-refractivity contribution in [3.63, 3.8) is 0 Å². The van der Waals surface area contributed by atoms with E-state index in [1.165, 1.54) is 11.1 Å². The molecule has 2 aromatic rings. The molecule has 23 heavy (non-hydrogen) atoms. The Hall–Kier alpha value is -1.32. The minimum atomic E-state index is 0.188. The van der Waals surface area contributed by atoms with Crippen molar-refractivity contribution in [3.05, 3.63) is 64.1 Å². The van der Waals surface area contributed by atoms with E-state index in [1.807, 2.05) is 19.9 Å². The summed E-state index contributed by atoms with van der Waals surface area (Å²) in [4.78, 5) is 0. The van der Waals surface area contributed by atoms with E-state index >= 15 is 0 Å². The van der Waals surface area contributed by atoms with Gasteiger partial charge in [-0.3, -0.25) is 0 Å². The Labute approximate surface area is 148 Å². The van der Waals surface area contributed by atoms with E-state index in [-0.39, 0.29) is 6.10 Å². The summed E-state index contributed by atoms with van der Waals surface area (Å²) in [6.07, 6.45) is 2.44. The van der Waals surface area contributed by atoms with Crippen molar-refractivity contribution in [2.45, 2.75) is 52.3 Å². The summed E-state index contributed by atoms with van der Waals surface area (Å²) < 4.78 is 6.76. The quantitative estimate of drug-likeness (QED) is 0.671. The summed E-state index contributed by atoms with van der Waals surface area (Å²) in [5.74, 6) is 0.904. The van der Waals surface area contributed by atoms with Crippen LogP contribution in [0, 0.1) is 0 Å². The van der Waals surface area contributed by atoms with Gasteiger partial charge in [0.25, 0.3) is 0 Å². The molecule has 0 saturated carbocycles. The standard InChI is InChI=1S/C20H26BrNO/c1-15(2)23-20-12-11-18(13-19(20)21)14-22-16(3)9-10-17-7-5-4-6-8-17/h4-8,11-13,15-16,22H,9-10,14H2,1-3H3/t16-/m1/s1. The molecular formula is C20H26BrNO. The third-order valence-electron chi connectivity index (χ3n) is 3.72. The largest absolute Gasteiger partial charge is 0.490 e. The lowest BCUT2D eigenvalue weighted by molar-refractivity contribution is 0.241. The van der Waals surface area contributed by atoms with Crippen LogP contribution in [0.4, 0.5) is 0 Å². The van der Waals surface area contributed by atoms with Gasteiger partial charge in [-0.25, -0.2) is 0 Å². The van der Waals surface area contributed by atoms with Crippen LogP contribution in [0.1, 0.15) is 38.3 Å². The van der Waals surface area contributed by atoms with E-state index in [0.29, 0.717) is 6.04 Å². The molecule has 0 heterocycles. The van der Waals surface area contributed by atoms with Gasteiger partial charge in [0.1, 0.15) is 5.75 Å². The molecule has 2 nitrogen and oxygen atoms in total. The smallest absolute Gasteiger partial charge is 0.133 e. The first kappa shape index (κ1) is 18.0. The molecule has 2 aromatic carbocycles. The van der Waals surface area contributed by atoms with Crippen molar-refractivity contribution >= 4 is 15.9 Å². The van der Waals surface area contributed by atoms with Crippen LogP contribution in [-0.4, -0.2) is 12.1 Å². The normalized spacial score (nSPS) is 12.4. The molecule has 3 heteroatoms. The molecule has 0 aliphatic carbocycles. The lowest BCUT2D eigenvalue weighted by atomic mass is 10.1. The van der Waals surface area contributed by atoms with Gasteiger partial charge in [-0.15, -0.1) is 0 Å². The number of rotatable bonds is 8. The summed E-state index contributed by atoms with van der Waals surface area (Å²) in [6.45, 7) is 7.19. The third-order valence-corrected chi connectivity index (χ3v) is 4.34. The van der Waals surface area contributed by atoms with Gasteiger partial charge in [-0.1, -0.05) is 36.4 Å². The average molecular weight is 376 g/mol. The summed E-state index contributed by atoms with van der Waals surface area (Å²) in [7, 11) is 0. The third kappa shape index (κ3) is 6.36. The predicted molar refractivity (Wildman–Crippen MR) is 101 cm³/mol. The molecule has 0 aliphatic heterocycles. The fourth-order valence-electron chi connectivity index (χ4n) is 2.43. The molecule has 124 valence electrons. The number of aryl methyl sites for hydroxylation is 1. The number of hydrogen-bond donors (Lipinski definition) is 1. The SMILES string of the molecule is CC(C)Oc1ccc(CN[C@H](C)CCc2ccccc2)cc1Br.